The van der Waals surface area contributed by atoms with Gasteiger partial charge in [0.25, 0.3) is 0 Å². The zero-order chi connectivity index (χ0) is 18.5. The van der Waals surface area contributed by atoms with Crippen LogP contribution in [0.25, 0.3) is 6.08 Å². The minimum Gasteiger partial charge on any atom is -0.493 e. The maximum absolute atomic E-state index is 11.9. The second-order valence-electron chi connectivity index (χ2n) is 6.33. The van der Waals surface area contributed by atoms with Crippen LogP contribution in [0, 0.1) is 0 Å². The van der Waals surface area contributed by atoms with E-state index in [0.717, 1.165) is 36.1 Å². The molecule has 0 aliphatic carbocycles. The van der Waals surface area contributed by atoms with Crippen molar-refractivity contribution < 1.29 is 14.6 Å². The second-order valence-corrected chi connectivity index (χ2v) is 6.33. The van der Waals surface area contributed by atoms with Gasteiger partial charge >= 0.3 is 0 Å². The van der Waals surface area contributed by atoms with Crippen molar-refractivity contribution in [1.29, 1.82) is 0 Å². The molecule has 0 bridgehead atoms. The van der Waals surface area contributed by atoms with Gasteiger partial charge in [0.15, 0.2) is 0 Å². The van der Waals surface area contributed by atoms with Crippen LogP contribution in [0.15, 0.2) is 24.8 Å². The van der Waals surface area contributed by atoms with Crippen molar-refractivity contribution in [2.75, 3.05) is 13.2 Å². The monoisotopic (exact) mass is 347 g/mol. The molecule has 1 rings (SSSR count). The van der Waals surface area contributed by atoms with Crippen LogP contribution in [-0.2, 0) is 4.79 Å². The molecule has 0 fully saturated rings. The number of benzene rings is 1. The van der Waals surface area contributed by atoms with Crippen molar-refractivity contribution in [2.24, 2.45) is 0 Å². The Bertz CT molecular complexity index is 528. The third-order valence-electron chi connectivity index (χ3n) is 4.10. The summed E-state index contributed by atoms with van der Waals surface area (Å²) in [5, 5.41) is 13.1. The van der Waals surface area contributed by atoms with E-state index >= 15 is 0 Å². The van der Waals surface area contributed by atoms with Gasteiger partial charge in [-0.3, -0.25) is 4.79 Å². The van der Waals surface area contributed by atoms with Crippen LogP contribution in [0.3, 0.4) is 0 Å². The SMILES string of the molecule is C=Cc1ccc(C(O)CNC(=O)CCCCCCC)cc1OCCC. The van der Waals surface area contributed by atoms with Crippen LogP contribution in [0.5, 0.6) is 5.75 Å². The highest BCUT2D eigenvalue weighted by atomic mass is 16.5. The molecule has 1 atom stereocenters. The summed E-state index contributed by atoms with van der Waals surface area (Å²) in [6.45, 7) is 8.84. The van der Waals surface area contributed by atoms with Crippen molar-refractivity contribution >= 4 is 12.0 Å². The molecule has 1 unspecified atom stereocenters. The molecule has 0 saturated heterocycles. The smallest absolute Gasteiger partial charge is 0.220 e. The van der Waals surface area contributed by atoms with E-state index < -0.39 is 6.10 Å². The topological polar surface area (TPSA) is 58.6 Å². The number of aliphatic hydroxyl groups excluding tert-OH is 1. The Hall–Kier alpha value is -1.81. The predicted molar refractivity (Wildman–Crippen MR) is 104 cm³/mol. The van der Waals surface area contributed by atoms with Gasteiger partial charge in [0, 0.05) is 18.5 Å². The number of ether oxygens (including phenoxy) is 1. The fourth-order valence-corrected chi connectivity index (χ4v) is 2.57. The summed E-state index contributed by atoms with van der Waals surface area (Å²) in [7, 11) is 0. The zero-order valence-corrected chi connectivity index (χ0v) is 15.7. The summed E-state index contributed by atoms with van der Waals surface area (Å²) in [6.07, 6.45) is 8.04. The molecule has 0 heterocycles. The number of aliphatic hydroxyl groups is 1. The maximum Gasteiger partial charge on any atom is 0.220 e. The van der Waals surface area contributed by atoms with Crippen molar-refractivity contribution in [1.82, 2.24) is 5.32 Å². The minimum absolute atomic E-state index is 0.000664. The first-order valence-corrected chi connectivity index (χ1v) is 9.46. The highest BCUT2D eigenvalue weighted by Gasteiger charge is 2.12. The van der Waals surface area contributed by atoms with Gasteiger partial charge in [-0.1, -0.05) is 64.3 Å². The van der Waals surface area contributed by atoms with E-state index in [1.54, 1.807) is 6.08 Å². The quantitative estimate of drug-likeness (QED) is 0.512. The van der Waals surface area contributed by atoms with E-state index in [-0.39, 0.29) is 12.5 Å². The lowest BCUT2D eigenvalue weighted by Gasteiger charge is -2.15. The van der Waals surface area contributed by atoms with Crippen LogP contribution >= 0.6 is 0 Å². The van der Waals surface area contributed by atoms with E-state index in [1.165, 1.54) is 19.3 Å². The molecule has 0 aliphatic heterocycles. The van der Waals surface area contributed by atoms with Gasteiger partial charge in [0.2, 0.25) is 5.91 Å². The second kappa shape index (κ2) is 12.5. The lowest BCUT2D eigenvalue weighted by molar-refractivity contribution is -0.121. The zero-order valence-electron chi connectivity index (χ0n) is 15.7. The van der Waals surface area contributed by atoms with Crippen LogP contribution in [0.4, 0.5) is 0 Å². The Labute approximate surface area is 152 Å². The van der Waals surface area contributed by atoms with Crippen molar-refractivity contribution in [3.63, 3.8) is 0 Å². The standard InChI is InChI=1S/C21H33NO3/c1-4-7-8-9-10-11-21(24)22-16-19(23)18-13-12-17(6-3)20(15-18)25-14-5-2/h6,12-13,15,19,23H,3-5,7-11,14,16H2,1-2H3,(H,22,24). The molecule has 4 nitrogen and oxygen atoms in total. The number of amides is 1. The van der Waals surface area contributed by atoms with Crippen LogP contribution in [0.2, 0.25) is 0 Å². The molecule has 1 aromatic rings. The molecular formula is C21H33NO3. The number of nitrogens with one attached hydrogen (secondary N) is 1. The molecule has 2 N–H and O–H groups in total. The first-order chi connectivity index (χ1) is 12.1. The third-order valence-corrected chi connectivity index (χ3v) is 4.10. The molecule has 0 radical (unpaired) electrons. The maximum atomic E-state index is 11.9. The first-order valence-electron chi connectivity index (χ1n) is 9.46. The number of carbonyl (C=O) groups excluding carboxylic acids is 1. The summed E-state index contributed by atoms with van der Waals surface area (Å²) >= 11 is 0. The number of hydrogen-bond acceptors (Lipinski definition) is 3. The summed E-state index contributed by atoms with van der Waals surface area (Å²) < 4.78 is 5.71. The lowest BCUT2D eigenvalue weighted by atomic mass is 10.1. The molecule has 0 spiro atoms. The van der Waals surface area contributed by atoms with Gasteiger partial charge in [-0.15, -0.1) is 0 Å². The molecular weight excluding hydrogens is 314 g/mol. The van der Waals surface area contributed by atoms with Gasteiger partial charge in [-0.2, -0.15) is 0 Å². The van der Waals surface area contributed by atoms with Crippen LogP contribution in [0.1, 0.15) is 76.0 Å². The molecule has 1 aromatic carbocycles. The van der Waals surface area contributed by atoms with Crippen molar-refractivity contribution in [3.05, 3.63) is 35.9 Å². The fourth-order valence-electron chi connectivity index (χ4n) is 2.57. The lowest BCUT2D eigenvalue weighted by Crippen LogP contribution is -2.28. The predicted octanol–water partition coefficient (Wildman–Crippen LogP) is 4.63. The van der Waals surface area contributed by atoms with Crippen molar-refractivity contribution in [2.45, 2.75) is 64.9 Å². The number of rotatable bonds is 13. The molecule has 0 aromatic heterocycles. The highest BCUT2D eigenvalue weighted by molar-refractivity contribution is 5.75. The fraction of sp³-hybridized carbons (Fsp3) is 0.571. The molecule has 4 heteroatoms. The Kier molecular flexibility index (Phi) is 10.6. The van der Waals surface area contributed by atoms with Gasteiger partial charge < -0.3 is 15.2 Å². The van der Waals surface area contributed by atoms with Gasteiger partial charge in [-0.25, -0.2) is 0 Å². The van der Waals surface area contributed by atoms with E-state index in [4.69, 9.17) is 4.74 Å². The van der Waals surface area contributed by atoms with Gasteiger partial charge in [-0.05, 0) is 24.5 Å². The molecule has 1 amide bonds. The molecule has 0 saturated carbocycles. The molecule has 0 aliphatic rings. The van der Waals surface area contributed by atoms with Crippen LogP contribution in [-0.4, -0.2) is 24.2 Å². The van der Waals surface area contributed by atoms with E-state index in [2.05, 4.69) is 18.8 Å². The first kappa shape index (κ1) is 21.2. The van der Waals surface area contributed by atoms with E-state index in [9.17, 15) is 9.90 Å². The van der Waals surface area contributed by atoms with Gasteiger partial charge in [0.05, 0.1) is 12.7 Å². The normalized spacial score (nSPS) is 11.8. The van der Waals surface area contributed by atoms with Crippen LogP contribution < -0.4 is 10.1 Å². The Morgan fingerprint density at radius 3 is 2.68 bits per heavy atom. The Balaban J connectivity index is 2.46. The summed E-state index contributed by atoms with van der Waals surface area (Å²) in [6, 6.07) is 5.55. The number of carbonyl (C=O) groups is 1. The number of unbranched alkanes of at least 4 members (excludes halogenated alkanes) is 4. The Morgan fingerprint density at radius 2 is 2.00 bits per heavy atom. The average Bonchev–Trinajstić information content (AvgIpc) is 2.63. The van der Waals surface area contributed by atoms with Gasteiger partial charge in [0.1, 0.15) is 5.75 Å². The minimum atomic E-state index is -0.744. The Morgan fingerprint density at radius 1 is 1.24 bits per heavy atom. The van der Waals surface area contributed by atoms with E-state index in [0.29, 0.717) is 13.0 Å². The summed E-state index contributed by atoms with van der Waals surface area (Å²) in [4.78, 5) is 11.9. The highest BCUT2D eigenvalue weighted by Crippen LogP contribution is 2.25. The molecule has 140 valence electrons. The van der Waals surface area contributed by atoms with E-state index in [1.807, 2.05) is 25.1 Å². The summed E-state index contributed by atoms with van der Waals surface area (Å²) in [5.74, 6) is 0.719. The third kappa shape index (κ3) is 8.21. The largest absolute Gasteiger partial charge is 0.493 e. The van der Waals surface area contributed by atoms with Crippen molar-refractivity contribution in [3.8, 4) is 5.75 Å². The average molecular weight is 347 g/mol. The number of hydrogen-bond donors (Lipinski definition) is 2. The summed E-state index contributed by atoms with van der Waals surface area (Å²) in [5.41, 5.74) is 1.64. The molecule has 25 heavy (non-hydrogen) atoms.